The van der Waals surface area contributed by atoms with Gasteiger partial charge >= 0.3 is 0 Å². The molecule has 6 heteroatoms. The first kappa shape index (κ1) is 21.2. The molecule has 0 unspecified atom stereocenters. The Morgan fingerprint density at radius 3 is 2.64 bits per heavy atom. The third-order valence-electron chi connectivity index (χ3n) is 6.18. The van der Waals surface area contributed by atoms with E-state index < -0.39 is 0 Å². The molecule has 1 amide bonds. The number of piperidine rings is 1. The molecule has 156 valence electrons. The van der Waals surface area contributed by atoms with Crippen LogP contribution < -0.4 is 0 Å². The zero-order valence-electron chi connectivity index (χ0n) is 17.5. The van der Waals surface area contributed by atoms with E-state index in [1.54, 1.807) is 7.11 Å². The van der Waals surface area contributed by atoms with Crippen molar-refractivity contribution in [3.63, 3.8) is 0 Å². The van der Waals surface area contributed by atoms with Crippen LogP contribution in [0.2, 0.25) is 0 Å². The average molecular weight is 390 g/mol. The Balaban J connectivity index is 1.50. The third-order valence-corrected chi connectivity index (χ3v) is 6.18. The first-order chi connectivity index (χ1) is 13.7. The van der Waals surface area contributed by atoms with Crippen LogP contribution in [-0.2, 0) is 20.9 Å². The van der Waals surface area contributed by atoms with E-state index in [1.165, 1.54) is 25.7 Å². The lowest BCUT2D eigenvalue weighted by molar-refractivity contribution is -0.132. The van der Waals surface area contributed by atoms with Crippen LogP contribution in [0.5, 0.6) is 0 Å². The molecule has 0 aromatic carbocycles. The highest BCUT2D eigenvalue weighted by molar-refractivity contribution is 5.76. The molecule has 0 atom stereocenters. The van der Waals surface area contributed by atoms with Gasteiger partial charge in [-0.3, -0.25) is 4.79 Å². The smallest absolute Gasteiger partial charge is 0.222 e. The van der Waals surface area contributed by atoms with Gasteiger partial charge in [0.15, 0.2) is 0 Å². The summed E-state index contributed by atoms with van der Waals surface area (Å²) in [6.45, 7) is 5.27. The first-order valence-electron chi connectivity index (χ1n) is 10.8. The van der Waals surface area contributed by atoms with E-state index in [2.05, 4.69) is 9.88 Å². The van der Waals surface area contributed by atoms with Crippen LogP contribution in [0.15, 0.2) is 6.20 Å². The molecule has 2 aliphatic rings. The highest BCUT2D eigenvalue weighted by Crippen LogP contribution is 2.31. The predicted molar refractivity (Wildman–Crippen MR) is 108 cm³/mol. The number of methoxy groups -OCH3 is 1. The van der Waals surface area contributed by atoms with Gasteiger partial charge in [0.2, 0.25) is 5.91 Å². The number of nitrogens with zero attached hydrogens (tertiary/aromatic N) is 3. The molecule has 1 aromatic heterocycles. The Morgan fingerprint density at radius 2 is 1.93 bits per heavy atom. The molecule has 2 fully saturated rings. The minimum absolute atomic E-state index is 0.340. The molecule has 1 aromatic rings. The normalized spacial score (nSPS) is 18.7. The van der Waals surface area contributed by atoms with Crippen molar-refractivity contribution in [2.45, 2.75) is 70.8 Å². The maximum absolute atomic E-state index is 12.6. The summed E-state index contributed by atoms with van der Waals surface area (Å²) in [7, 11) is 1.67. The standard InChI is InChI=1S/C22H35N3O3/c1-17-23-15-20(16-28-14-13-27-2)22(24-17)19-9-11-25(12-10-19)21(26)8-7-18-5-3-4-6-18/h15,18-19H,3-14,16H2,1-2H3. The lowest BCUT2D eigenvalue weighted by atomic mass is 9.90. The lowest BCUT2D eigenvalue weighted by Crippen LogP contribution is -2.38. The van der Waals surface area contributed by atoms with Crippen molar-refractivity contribution in [1.82, 2.24) is 14.9 Å². The summed E-state index contributed by atoms with van der Waals surface area (Å²) in [6, 6.07) is 0. The fourth-order valence-electron chi connectivity index (χ4n) is 4.49. The Labute approximate surface area is 169 Å². The van der Waals surface area contributed by atoms with E-state index in [4.69, 9.17) is 14.5 Å². The molecule has 2 heterocycles. The van der Waals surface area contributed by atoms with Crippen molar-refractivity contribution >= 4 is 5.91 Å². The molecular weight excluding hydrogens is 354 g/mol. The van der Waals surface area contributed by atoms with Gasteiger partial charge in [-0.2, -0.15) is 0 Å². The van der Waals surface area contributed by atoms with Gasteiger partial charge in [0.1, 0.15) is 5.82 Å². The molecule has 0 spiro atoms. The molecule has 3 rings (SSSR count). The van der Waals surface area contributed by atoms with E-state index in [9.17, 15) is 4.79 Å². The summed E-state index contributed by atoms with van der Waals surface area (Å²) >= 11 is 0. The largest absolute Gasteiger partial charge is 0.382 e. The number of carbonyl (C=O) groups excluding carboxylic acids is 1. The van der Waals surface area contributed by atoms with Crippen molar-refractivity contribution in [1.29, 1.82) is 0 Å². The number of hydrogen-bond donors (Lipinski definition) is 0. The van der Waals surface area contributed by atoms with Gasteiger partial charge < -0.3 is 14.4 Å². The topological polar surface area (TPSA) is 64.6 Å². The second-order valence-corrected chi connectivity index (χ2v) is 8.22. The van der Waals surface area contributed by atoms with Gasteiger partial charge in [-0.25, -0.2) is 9.97 Å². The number of rotatable bonds is 9. The second kappa shape index (κ2) is 10.9. The van der Waals surface area contributed by atoms with E-state index >= 15 is 0 Å². The highest BCUT2D eigenvalue weighted by atomic mass is 16.5. The average Bonchev–Trinajstić information content (AvgIpc) is 3.24. The van der Waals surface area contributed by atoms with Gasteiger partial charge in [0, 0.05) is 44.3 Å². The van der Waals surface area contributed by atoms with Crippen LogP contribution in [-0.4, -0.2) is 54.2 Å². The van der Waals surface area contributed by atoms with Crippen molar-refractivity contribution in [2.24, 2.45) is 5.92 Å². The minimum Gasteiger partial charge on any atom is -0.382 e. The molecule has 0 bridgehead atoms. The van der Waals surface area contributed by atoms with E-state index in [0.29, 0.717) is 31.6 Å². The van der Waals surface area contributed by atoms with E-state index in [0.717, 1.165) is 61.8 Å². The fraction of sp³-hybridized carbons (Fsp3) is 0.773. The molecule has 1 aliphatic carbocycles. The van der Waals surface area contributed by atoms with Crippen LogP contribution in [0, 0.1) is 12.8 Å². The van der Waals surface area contributed by atoms with Crippen molar-refractivity contribution in [2.75, 3.05) is 33.4 Å². The number of likely N-dealkylation sites (tertiary alicyclic amines) is 1. The van der Waals surface area contributed by atoms with Gasteiger partial charge in [-0.15, -0.1) is 0 Å². The molecular formula is C22H35N3O3. The summed E-state index contributed by atoms with van der Waals surface area (Å²) in [6.07, 6.45) is 11.0. The number of aromatic nitrogens is 2. The van der Waals surface area contributed by atoms with Crippen molar-refractivity contribution in [3.05, 3.63) is 23.3 Å². The molecule has 0 N–H and O–H groups in total. The van der Waals surface area contributed by atoms with Gasteiger partial charge in [0.25, 0.3) is 0 Å². The Bertz CT molecular complexity index is 623. The van der Waals surface area contributed by atoms with Crippen LogP contribution in [0.25, 0.3) is 0 Å². The highest BCUT2D eigenvalue weighted by Gasteiger charge is 2.27. The fourth-order valence-corrected chi connectivity index (χ4v) is 4.49. The maximum atomic E-state index is 12.6. The van der Waals surface area contributed by atoms with E-state index in [-0.39, 0.29) is 0 Å². The predicted octanol–water partition coefficient (Wildman–Crippen LogP) is 3.62. The second-order valence-electron chi connectivity index (χ2n) is 8.22. The summed E-state index contributed by atoms with van der Waals surface area (Å²) in [5, 5.41) is 0. The number of amides is 1. The molecule has 6 nitrogen and oxygen atoms in total. The van der Waals surface area contributed by atoms with Gasteiger partial charge in [-0.1, -0.05) is 25.7 Å². The Hall–Kier alpha value is -1.53. The summed E-state index contributed by atoms with van der Waals surface area (Å²) in [5.41, 5.74) is 2.16. The Kier molecular flexibility index (Phi) is 8.22. The monoisotopic (exact) mass is 389 g/mol. The molecule has 1 aliphatic heterocycles. The Morgan fingerprint density at radius 1 is 1.18 bits per heavy atom. The van der Waals surface area contributed by atoms with Gasteiger partial charge in [0.05, 0.1) is 25.5 Å². The van der Waals surface area contributed by atoms with E-state index in [1.807, 2.05) is 13.1 Å². The van der Waals surface area contributed by atoms with Crippen LogP contribution in [0.4, 0.5) is 0 Å². The number of ether oxygens (including phenoxy) is 2. The van der Waals surface area contributed by atoms with Crippen LogP contribution >= 0.6 is 0 Å². The third kappa shape index (κ3) is 5.98. The molecule has 0 radical (unpaired) electrons. The molecule has 1 saturated heterocycles. The SMILES string of the molecule is COCCOCc1cnc(C)nc1C1CCN(C(=O)CCC2CCCC2)CC1. The zero-order valence-corrected chi connectivity index (χ0v) is 17.5. The van der Waals surface area contributed by atoms with Crippen molar-refractivity contribution in [3.8, 4) is 0 Å². The number of aryl methyl sites for hydroxylation is 1. The van der Waals surface area contributed by atoms with Crippen LogP contribution in [0.3, 0.4) is 0 Å². The lowest BCUT2D eigenvalue weighted by Gasteiger charge is -2.32. The van der Waals surface area contributed by atoms with Crippen molar-refractivity contribution < 1.29 is 14.3 Å². The summed E-state index contributed by atoms with van der Waals surface area (Å²) in [5.74, 6) is 2.30. The zero-order chi connectivity index (χ0) is 19.8. The summed E-state index contributed by atoms with van der Waals surface area (Å²) in [4.78, 5) is 23.7. The molecule has 1 saturated carbocycles. The maximum Gasteiger partial charge on any atom is 0.222 e. The summed E-state index contributed by atoms with van der Waals surface area (Å²) < 4.78 is 10.7. The quantitative estimate of drug-likeness (QED) is 0.604. The van der Waals surface area contributed by atoms with Crippen LogP contribution in [0.1, 0.15) is 74.4 Å². The number of hydrogen-bond acceptors (Lipinski definition) is 5. The van der Waals surface area contributed by atoms with Gasteiger partial charge in [-0.05, 0) is 32.1 Å². The minimum atomic E-state index is 0.340. The molecule has 28 heavy (non-hydrogen) atoms. The number of carbonyl (C=O) groups is 1. The first-order valence-corrected chi connectivity index (χ1v) is 10.8.